The second kappa shape index (κ2) is 6.20. The minimum atomic E-state index is -0.645. The molecule has 0 radical (unpaired) electrons. The monoisotopic (exact) mass is 296 g/mol. The fourth-order valence-electron chi connectivity index (χ4n) is 2.42. The maximum Gasteiger partial charge on any atom is 0.243 e. The second-order valence-corrected chi connectivity index (χ2v) is 5.62. The third-order valence-electron chi connectivity index (χ3n) is 3.46. The van der Waals surface area contributed by atoms with Gasteiger partial charge in [0.25, 0.3) is 0 Å². The SMILES string of the molecule is CC(C)CC1C(=O)NCC(=O)N1Cc1cc(F)ccc1F. The largest absolute Gasteiger partial charge is 0.345 e. The van der Waals surface area contributed by atoms with Gasteiger partial charge < -0.3 is 10.2 Å². The highest BCUT2D eigenvalue weighted by Gasteiger charge is 2.35. The van der Waals surface area contributed by atoms with Crippen molar-refractivity contribution in [1.29, 1.82) is 0 Å². The van der Waals surface area contributed by atoms with Crippen LogP contribution in [0, 0.1) is 17.6 Å². The van der Waals surface area contributed by atoms with Gasteiger partial charge in [-0.05, 0) is 30.5 Å². The average molecular weight is 296 g/mol. The summed E-state index contributed by atoms with van der Waals surface area (Å²) in [6, 6.07) is 2.46. The zero-order valence-electron chi connectivity index (χ0n) is 12.0. The van der Waals surface area contributed by atoms with Gasteiger partial charge in [-0.2, -0.15) is 0 Å². The number of halogens is 2. The van der Waals surface area contributed by atoms with Gasteiger partial charge >= 0.3 is 0 Å². The Morgan fingerprint density at radius 2 is 2.05 bits per heavy atom. The van der Waals surface area contributed by atoms with Crippen LogP contribution in [0.15, 0.2) is 18.2 Å². The first kappa shape index (κ1) is 15.4. The van der Waals surface area contributed by atoms with Gasteiger partial charge in [-0.1, -0.05) is 13.8 Å². The Bertz CT molecular complexity index is 561. The molecule has 2 amide bonds. The Kier molecular flexibility index (Phi) is 4.55. The fraction of sp³-hybridized carbons (Fsp3) is 0.467. The van der Waals surface area contributed by atoms with Crippen LogP contribution in [-0.4, -0.2) is 29.3 Å². The van der Waals surface area contributed by atoms with Gasteiger partial charge in [0.05, 0.1) is 6.54 Å². The van der Waals surface area contributed by atoms with Gasteiger partial charge in [0.15, 0.2) is 0 Å². The Balaban J connectivity index is 2.26. The quantitative estimate of drug-likeness (QED) is 0.921. The van der Waals surface area contributed by atoms with Crippen LogP contribution in [0.4, 0.5) is 8.78 Å². The number of nitrogens with zero attached hydrogens (tertiary/aromatic N) is 1. The number of rotatable bonds is 4. The molecular formula is C15H18F2N2O2. The third-order valence-corrected chi connectivity index (χ3v) is 3.46. The summed E-state index contributed by atoms with van der Waals surface area (Å²) in [5, 5.41) is 2.53. The van der Waals surface area contributed by atoms with E-state index >= 15 is 0 Å². The summed E-state index contributed by atoms with van der Waals surface area (Å²) in [5.41, 5.74) is 0.0757. The predicted octanol–water partition coefficient (Wildman–Crippen LogP) is 1.84. The molecule has 0 aromatic heterocycles. The number of piperazine rings is 1. The highest BCUT2D eigenvalue weighted by atomic mass is 19.1. The van der Waals surface area contributed by atoms with Gasteiger partial charge in [0.1, 0.15) is 17.7 Å². The van der Waals surface area contributed by atoms with Crippen molar-refractivity contribution >= 4 is 11.8 Å². The van der Waals surface area contributed by atoms with E-state index in [2.05, 4.69) is 5.32 Å². The van der Waals surface area contributed by atoms with Crippen LogP contribution < -0.4 is 5.32 Å². The van der Waals surface area contributed by atoms with Crippen molar-refractivity contribution in [2.75, 3.05) is 6.54 Å². The van der Waals surface area contributed by atoms with E-state index in [1.807, 2.05) is 13.8 Å². The molecule has 1 N–H and O–H groups in total. The Morgan fingerprint density at radius 3 is 2.71 bits per heavy atom. The van der Waals surface area contributed by atoms with E-state index in [1.165, 1.54) is 4.90 Å². The number of benzene rings is 1. The highest BCUT2D eigenvalue weighted by molar-refractivity contribution is 5.94. The molecule has 2 rings (SSSR count). The van der Waals surface area contributed by atoms with Crippen LogP contribution >= 0.6 is 0 Å². The molecule has 1 aromatic carbocycles. The highest BCUT2D eigenvalue weighted by Crippen LogP contribution is 2.20. The molecule has 114 valence electrons. The van der Waals surface area contributed by atoms with Crippen molar-refractivity contribution in [1.82, 2.24) is 10.2 Å². The van der Waals surface area contributed by atoms with Crippen molar-refractivity contribution in [3.63, 3.8) is 0 Å². The van der Waals surface area contributed by atoms with E-state index in [0.717, 1.165) is 18.2 Å². The van der Waals surface area contributed by atoms with E-state index in [0.29, 0.717) is 6.42 Å². The summed E-state index contributed by atoms with van der Waals surface area (Å²) >= 11 is 0. The predicted molar refractivity (Wildman–Crippen MR) is 73.2 cm³/mol. The molecule has 0 spiro atoms. The number of carbonyl (C=O) groups excluding carboxylic acids is 2. The molecule has 1 atom stereocenters. The van der Waals surface area contributed by atoms with E-state index in [-0.39, 0.29) is 36.4 Å². The maximum atomic E-state index is 13.7. The average Bonchev–Trinajstić information content (AvgIpc) is 2.41. The van der Waals surface area contributed by atoms with Crippen molar-refractivity contribution in [3.05, 3.63) is 35.4 Å². The molecule has 21 heavy (non-hydrogen) atoms. The van der Waals surface area contributed by atoms with E-state index in [1.54, 1.807) is 0 Å². The topological polar surface area (TPSA) is 49.4 Å². The molecule has 0 saturated carbocycles. The minimum absolute atomic E-state index is 0.0757. The molecule has 1 saturated heterocycles. The van der Waals surface area contributed by atoms with Gasteiger partial charge in [-0.3, -0.25) is 9.59 Å². The first-order valence-corrected chi connectivity index (χ1v) is 6.89. The summed E-state index contributed by atoms with van der Waals surface area (Å²) in [5.74, 6) is -1.49. The summed E-state index contributed by atoms with van der Waals surface area (Å²) in [6.45, 7) is 3.66. The van der Waals surface area contributed by atoms with E-state index in [9.17, 15) is 18.4 Å². The molecule has 1 aromatic rings. The Morgan fingerprint density at radius 1 is 1.33 bits per heavy atom. The third kappa shape index (κ3) is 3.56. The molecule has 6 heteroatoms. The molecule has 1 fully saturated rings. The van der Waals surface area contributed by atoms with Crippen molar-refractivity contribution in [2.24, 2.45) is 5.92 Å². The summed E-state index contributed by atoms with van der Waals surface area (Å²) in [4.78, 5) is 25.3. The molecule has 1 heterocycles. The van der Waals surface area contributed by atoms with Crippen LogP contribution in [0.5, 0.6) is 0 Å². The van der Waals surface area contributed by atoms with Crippen molar-refractivity contribution in [3.8, 4) is 0 Å². The normalized spacial score (nSPS) is 19.1. The summed E-state index contributed by atoms with van der Waals surface area (Å²) in [7, 11) is 0. The number of carbonyl (C=O) groups is 2. The number of hydrogen-bond acceptors (Lipinski definition) is 2. The standard InChI is InChI=1S/C15H18F2N2O2/c1-9(2)5-13-15(21)18-7-14(20)19(13)8-10-6-11(16)3-4-12(10)17/h3-4,6,9,13H,5,7-8H2,1-2H3,(H,18,21). The lowest BCUT2D eigenvalue weighted by Crippen LogP contribution is -2.58. The number of nitrogens with one attached hydrogen (secondary N) is 1. The van der Waals surface area contributed by atoms with Crippen molar-refractivity contribution < 1.29 is 18.4 Å². The summed E-state index contributed by atoms with van der Waals surface area (Å²) in [6.07, 6.45) is 0.481. The first-order valence-electron chi connectivity index (χ1n) is 6.89. The lowest BCUT2D eigenvalue weighted by molar-refractivity contribution is -0.146. The van der Waals surface area contributed by atoms with Gasteiger partial charge in [0, 0.05) is 12.1 Å². The molecule has 4 nitrogen and oxygen atoms in total. The molecule has 1 unspecified atom stereocenters. The summed E-state index contributed by atoms with van der Waals surface area (Å²) < 4.78 is 27.0. The van der Waals surface area contributed by atoms with Gasteiger partial charge in [-0.15, -0.1) is 0 Å². The number of hydrogen-bond donors (Lipinski definition) is 1. The van der Waals surface area contributed by atoms with Crippen LogP contribution in [-0.2, 0) is 16.1 Å². The molecular weight excluding hydrogens is 278 g/mol. The van der Waals surface area contributed by atoms with Crippen molar-refractivity contribution in [2.45, 2.75) is 32.9 Å². The lowest BCUT2D eigenvalue weighted by atomic mass is 9.99. The van der Waals surface area contributed by atoms with Gasteiger partial charge in [-0.25, -0.2) is 8.78 Å². The smallest absolute Gasteiger partial charge is 0.243 e. The molecule has 1 aliphatic rings. The zero-order chi connectivity index (χ0) is 15.6. The van der Waals surface area contributed by atoms with Gasteiger partial charge in [0.2, 0.25) is 11.8 Å². The maximum absolute atomic E-state index is 13.7. The number of amides is 2. The zero-order valence-corrected chi connectivity index (χ0v) is 12.0. The van der Waals surface area contributed by atoms with Crippen LogP contribution in [0.1, 0.15) is 25.8 Å². The second-order valence-electron chi connectivity index (χ2n) is 5.62. The van der Waals surface area contributed by atoms with Crippen LogP contribution in [0.3, 0.4) is 0 Å². The molecule has 0 bridgehead atoms. The molecule has 0 aliphatic carbocycles. The molecule has 1 aliphatic heterocycles. The Hall–Kier alpha value is -1.98. The van der Waals surface area contributed by atoms with Crippen LogP contribution in [0.25, 0.3) is 0 Å². The Labute approximate surface area is 122 Å². The lowest BCUT2D eigenvalue weighted by Gasteiger charge is -2.36. The fourth-order valence-corrected chi connectivity index (χ4v) is 2.42. The minimum Gasteiger partial charge on any atom is -0.345 e. The van der Waals surface area contributed by atoms with E-state index < -0.39 is 17.7 Å². The van der Waals surface area contributed by atoms with E-state index in [4.69, 9.17) is 0 Å². The first-order chi connectivity index (χ1) is 9.88. The van der Waals surface area contributed by atoms with Crippen LogP contribution in [0.2, 0.25) is 0 Å².